The molecule has 0 aliphatic carbocycles. The first-order valence-corrected chi connectivity index (χ1v) is 1.91. The zero-order chi connectivity index (χ0) is 6.12. The maximum Gasteiger partial charge on any atom is 0.293 e. The van der Waals surface area contributed by atoms with Gasteiger partial charge in [0.15, 0.2) is 0 Å². The molecular formula is C4H11ClO3. The molecule has 0 radical (unpaired) electrons. The summed E-state index contributed by atoms with van der Waals surface area (Å²) in [5.41, 5.74) is 0. The number of carbonyl (C=O) groups is 1. The third-order valence-electron chi connectivity index (χ3n) is 0.235. The third-order valence-corrected chi connectivity index (χ3v) is 0.235. The van der Waals surface area contributed by atoms with E-state index in [-0.39, 0.29) is 12.4 Å². The Hall–Kier alpha value is -0.280. The number of rotatable bonds is 2. The molecule has 1 N–H and O–H groups in total. The van der Waals surface area contributed by atoms with Crippen molar-refractivity contribution in [2.45, 2.75) is 6.92 Å². The molecule has 0 rings (SSSR count). The number of halogens is 1. The lowest BCUT2D eigenvalue weighted by Crippen LogP contribution is -1.80. The highest BCUT2D eigenvalue weighted by Gasteiger charge is 1.60. The van der Waals surface area contributed by atoms with Crippen molar-refractivity contribution >= 4 is 18.9 Å². The lowest BCUT2D eigenvalue weighted by atomic mass is 10.9. The van der Waals surface area contributed by atoms with Crippen LogP contribution in [-0.4, -0.2) is 25.3 Å². The Bertz CT molecular complexity index is 32.5. The van der Waals surface area contributed by atoms with Gasteiger partial charge in [0.2, 0.25) is 0 Å². The van der Waals surface area contributed by atoms with Gasteiger partial charge in [0.05, 0.1) is 6.61 Å². The summed E-state index contributed by atoms with van der Waals surface area (Å²) in [6, 6.07) is 0. The van der Waals surface area contributed by atoms with E-state index in [4.69, 9.17) is 5.11 Å². The standard InChI is InChI=1S/C3H6O2.CH4O.ClH/c1-2-5-3-4;1-2;/h3H,2H2,1H3;2H,1H3;1H. The molecule has 0 aliphatic rings. The number of carbonyl (C=O) groups excluding carboxylic acids is 1. The summed E-state index contributed by atoms with van der Waals surface area (Å²) in [7, 11) is 1.00. The fourth-order valence-corrected chi connectivity index (χ4v) is 0.0680. The van der Waals surface area contributed by atoms with Gasteiger partial charge in [0.25, 0.3) is 6.47 Å². The van der Waals surface area contributed by atoms with Crippen LogP contribution in [0.1, 0.15) is 6.92 Å². The molecule has 0 heterocycles. The molecule has 0 aromatic carbocycles. The molecule has 0 atom stereocenters. The van der Waals surface area contributed by atoms with Crippen LogP contribution in [0.3, 0.4) is 0 Å². The lowest BCUT2D eigenvalue weighted by Gasteiger charge is -1.79. The van der Waals surface area contributed by atoms with Crippen molar-refractivity contribution in [1.82, 2.24) is 0 Å². The van der Waals surface area contributed by atoms with Gasteiger partial charge in [-0.05, 0) is 6.92 Å². The van der Waals surface area contributed by atoms with E-state index in [0.717, 1.165) is 7.11 Å². The van der Waals surface area contributed by atoms with Crippen LogP contribution in [0.15, 0.2) is 0 Å². The molecule has 0 saturated carbocycles. The minimum Gasteiger partial charge on any atom is -0.468 e. The van der Waals surface area contributed by atoms with Crippen LogP contribution in [-0.2, 0) is 9.53 Å². The van der Waals surface area contributed by atoms with Crippen molar-refractivity contribution in [3.63, 3.8) is 0 Å². The topological polar surface area (TPSA) is 46.5 Å². The summed E-state index contributed by atoms with van der Waals surface area (Å²) in [6.07, 6.45) is 0. The molecule has 8 heavy (non-hydrogen) atoms. The number of aliphatic hydroxyl groups excluding tert-OH is 1. The quantitative estimate of drug-likeness (QED) is 0.561. The molecule has 4 heteroatoms. The normalized spacial score (nSPS) is 4.88. The Morgan fingerprint density at radius 3 is 2.00 bits per heavy atom. The predicted molar refractivity (Wildman–Crippen MR) is 33.1 cm³/mol. The van der Waals surface area contributed by atoms with Crippen LogP contribution in [0.4, 0.5) is 0 Å². The minimum atomic E-state index is 0. The zero-order valence-corrected chi connectivity index (χ0v) is 5.77. The maximum atomic E-state index is 9.18. The fourth-order valence-electron chi connectivity index (χ4n) is 0.0680. The second kappa shape index (κ2) is 29.7. The van der Waals surface area contributed by atoms with Gasteiger partial charge in [-0.25, -0.2) is 0 Å². The van der Waals surface area contributed by atoms with E-state index in [1.54, 1.807) is 6.92 Å². The summed E-state index contributed by atoms with van der Waals surface area (Å²) in [4.78, 5) is 9.18. The van der Waals surface area contributed by atoms with Crippen LogP contribution < -0.4 is 0 Å². The first-order valence-electron chi connectivity index (χ1n) is 1.91. The average molecular weight is 143 g/mol. The highest BCUT2D eigenvalue weighted by molar-refractivity contribution is 5.85. The molecule has 3 nitrogen and oxygen atoms in total. The van der Waals surface area contributed by atoms with Gasteiger partial charge < -0.3 is 9.84 Å². The monoisotopic (exact) mass is 142 g/mol. The van der Waals surface area contributed by atoms with E-state index in [1.807, 2.05) is 0 Å². The molecule has 0 fully saturated rings. The second-order valence-electron chi connectivity index (χ2n) is 0.552. The molecule has 0 spiro atoms. The number of hydrogen-bond donors (Lipinski definition) is 1. The molecule has 52 valence electrons. The summed E-state index contributed by atoms with van der Waals surface area (Å²) < 4.78 is 4.15. The van der Waals surface area contributed by atoms with Gasteiger partial charge in [-0.3, -0.25) is 4.79 Å². The van der Waals surface area contributed by atoms with Gasteiger partial charge in [0.1, 0.15) is 0 Å². The van der Waals surface area contributed by atoms with Crippen molar-refractivity contribution in [3.8, 4) is 0 Å². The van der Waals surface area contributed by atoms with Gasteiger partial charge in [0, 0.05) is 7.11 Å². The van der Waals surface area contributed by atoms with Gasteiger partial charge in [-0.1, -0.05) is 0 Å². The van der Waals surface area contributed by atoms with Crippen LogP contribution in [0.2, 0.25) is 0 Å². The number of aliphatic hydroxyl groups is 1. The molecule has 0 bridgehead atoms. The minimum absolute atomic E-state index is 0. The second-order valence-corrected chi connectivity index (χ2v) is 0.552. The summed E-state index contributed by atoms with van der Waals surface area (Å²) in [5, 5.41) is 7.00. The van der Waals surface area contributed by atoms with E-state index in [2.05, 4.69) is 4.74 Å². The molecule has 0 unspecified atom stereocenters. The molecule has 0 aliphatic heterocycles. The Balaban J connectivity index is -0.0000000750. The van der Waals surface area contributed by atoms with Crippen molar-refractivity contribution < 1.29 is 14.6 Å². The lowest BCUT2D eigenvalue weighted by molar-refractivity contribution is -0.128. The van der Waals surface area contributed by atoms with E-state index >= 15 is 0 Å². The highest BCUT2D eigenvalue weighted by atomic mass is 35.5. The summed E-state index contributed by atoms with van der Waals surface area (Å²) >= 11 is 0. The van der Waals surface area contributed by atoms with Crippen molar-refractivity contribution in [1.29, 1.82) is 0 Å². The molecule has 0 saturated heterocycles. The third kappa shape index (κ3) is 43.1. The largest absolute Gasteiger partial charge is 0.468 e. The Morgan fingerprint density at radius 2 is 2.00 bits per heavy atom. The zero-order valence-electron chi connectivity index (χ0n) is 4.96. The fraction of sp³-hybridized carbons (Fsp3) is 0.750. The van der Waals surface area contributed by atoms with Crippen molar-refractivity contribution in [2.75, 3.05) is 13.7 Å². The predicted octanol–water partition coefficient (Wildman–Crippen LogP) is 0.210. The summed E-state index contributed by atoms with van der Waals surface area (Å²) in [5.74, 6) is 0. The van der Waals surface area contributed by atoms with E-state index in [0.29, 0.717) is 13.1 Å². The number of ether oxygens (including phenoxy) is 1. The SMILES string of the molecule is CCOC=O.CO.Cl. The van der Waals surface area contributed by atoms with E-state index in [9.17, 15) is 4.79 Å². The van der Waals surface area contributed by atoms with E-state index in [1.165, 1.54) is 0 Å². The maximum absolute atomic E-state index is 9.18. The average Bonchev–Trinajstić information content (AvgIpc) is 1.75. The molecule has 0 aromatic rings. The Kier molecular flexibility index (Phi) is 58.1. The van der Waals surface area contributed by atoms with Crippen LogP contribution >= 0.6 is 12.4 Å². The van der Waals surface area contributed by atoms with Gasteiger partial charge >= 0.3 is 0 Å². The van der Waals surface area contributed by atoms with Crippen molar-refractivity contribution in [2.24, 2.45) is 0 Å². The van der Waals surface area contributed by atoms with Crippen LogP contribution in [0.25, 0.3) is 0 Å². The van der Waals surface area contributed by atoms with Crippen molar-refractivity contribution in [3.05, 3.63) is 0 Å². The Morgan fingerprint density at radius 1 is 1.62 bits per heavy atom. The van der Waals surface area contributed by atoms with Gasteiger partial charge in [-0.2, -0.15) is 0 Å². The molecule has 0 amide bonds. The van der Waals surface area contributed by atoms with Gasteiger partial charge in [-0.15, -0.1) is 12.4 Å². The van der Waals surface area contributed by atoms with E-state index < -0.39 is 0 Å². The first kappa shape index (κ1) is 15.6. The summed E-state index contributed by atoms with van der Waals surface area (Å²) in [6.45, 7) is 2.66. The number of hydrogen-bond acceptors (Lipinski definition) is 3. The molecular weight excluding hydrogens is 131 g/mol. The molecule has 0 aromatic heterocycles. The highest BCUT2D eigenvalue weighted by Crippen LogP contribution is 1.55. The first-order chi connectivity index (χ1) is 3.41. The Labute approximate surface area is 55.1 Å². The van der Waals surface area contributed by atoms with Crippen LogP contribution in [0.5, 0.6) is 0 Å². The smallest absolute Gasteiger partial charge is 0.293 e. The van der Waals surface area contributed by atoms with Crippen LogP contribution in [0, 0.1) is 0 Å².